The van der Waals surface area contributed by atoms with E-state index >= 15 is 0 Å². The second-order valence-electron chi connectivity index (χ2n) is 8.24. The van der Waals surface area contributed by atoms with Crippen molar-refractivity contribution in [3.8, 4) is 0 Å². The summed E-state index contributed by atoms with van der Waals surface area (Å²) in [7, 11) is 0. The third-order valence-electron chi connectivity index (χ3n) is 6.23. The summed E-state index contributed by atoms with van der Waals surface area (Å²) in [5, 5.41) is 6.66. The molecular formula is C22H35N3O. The average Bonchev–Trinajstić information content (AvgIpc) is 3.18. The van der Waals surface area contributed by atoms with E-state index in [0.29, 0.717) is 24.3 Å². The second kappa shape index (κ2) is 9.52. The molecule has 1 aromatic rings. The van der Waals surface area contributed by atoms with Crippen LogP contribution in [0.1, 0.15) is 56.2 Å². The van der Waals surface area contributed by atoms with Gasteiger partial charge in [-0.15, -0.1) is 0 Å². The molecule has 2 heterocycles. The second-order valence-corrected chi connectivity index (χ2v) is 8.24. The topological polar surface area (TPSA) is 44.4 Å². The average molecular weight is 358 g/mol. The van der Waals surface area contributed by atoms with Crippen LogP contribution in [0.25, 0.3) is 0 Å². The number of carbonyl (C=O) groups excluding carboxylic acids is 1. The number of hydrogen-bond acceptors (Lipinski definition) is 3. The fourth-order valence-corrected chi connectivity index (χ4v) is 4.45. The monoisotopic (exact) mass is 357 g/mol. The van der Waals surface area contributed by atoms with Gasteiger partial charge in [0.05, 0.1) is 6.04 Å². The lowest BCUT2D eigenvalue weighted by Crippen LogP contribution is -2.38. The molecule has 2 atom stereocenters. The van der Waals surface area contributed by atoms with Gasteiger partial charge in [-0.3, -0.25) is 9.69 Å². The highest BCUT2D eigenvalue weighted by Crippen LogP contribution is 2.26. The smallest absolute Gasteiger partial charge is 0.220 e. The molecule has 2 N–H and O–H groups in total. The SMILES string of the molecule is Cc1ccc(C(CNC(=O)CC(C)C2CCNCC2)N2CCCC2)cc1. The highest BCUT2D eigenvalue weighted by Gasteiger charge is 2.25. The first-order valence-corrected chi connectivity index (χ1v) is 10.4. The number of rotatable bonds is 7. The summed E-state index contributed by atoms with van der Waals surface area (Å²) < 4.78 is 0. The Morgan fingerprint density at radius 1 is 1.19 bits per heavy atom. The van der Waals surface area contributed by atoms with E-state index in [1.54, 1.807) is 0 Å². The van der Waals surface area contributed by atoms with E-state index in [0.717, 1.165) is 32.7 Å². The van der Waals surface area contributed by atoms with Gasteiger partial charge in [-0.1, -0.05) is 36.8 Å². The van der Waals surface area contributed by atoms with Crippen LogP contribution >= 0.6 is 0 Å². The van der Waals surface area contributed by atoms with Crippen LogP contribution in [0.15, 0.2) is 24.3 Å². The van der Waals surface area contributed by atoms with Crippen molar-refractivity contribution in [1.82, 2.24) is 15.5 Å². The Labute approximate surface area is 158 Å². The van der Waals surface area contributed by atoms with Crippen molar-refractivity contribution in [1.29, 1.82) is 0 Å². The number of piperidine rings is 1. The predicted molar refractivity (Wildman–Crippen MR) is 107 cm³/mol. The van der Waals surface area contributed by atoms with Crippen LogP contribution in [0.2, 0.25) is 0 Å². The first-order valence-electron chi connectivity index (χ1n) is 10.4. The molecule has 0 spiro atoms. The van der Waals surface area contributed by atoms with Crippen LogP contribution in [0.3, 0.4) is 0 Å². The molecule has 26 heavy (non-hydrogen) atoms. The van der Waals surface area contributed by atoms with Crippen molar-refractivity contribution in [3.63, 3.8) is 0 Å². The highest BCUT2D eigenvalue weighted by molar-refractivity contribution is 5.76. The number of nitrogens with zero attached hydrogens (tertiary/aromatic N) is 1. The molecule has 0 aliphatic carbocycles. The lowest BCUT2D eigenvalue weighted by molar-refractivity contribution is -0.122. The van der Waals surface area contributed by atoms with Crippen molar-refractivity contribution in [2.75, 3.05) is 32.7 Å². The van der Waals surface area contributed by atoms with Gasteiger partial charge in [0.2, 0.25) is 5.91 Å². The van der Waals surface area contributed by atoms with Crippen molar-refractivity contribution in [3.05, 3.63) is 35.4 Å². The third-order valence-corrected chi connectivity index (χ3v) is 6.23. The van der Waals surface area contributed by atoms with Crippen LogP contribution < -0.4 is 10.6 Å². The fraction of sp³-hybridized carbons (Fsp3) is 0.682. The molecule has 1 amide bonds. The summed E-state index contributed by atoms with van der Waals surface area (Å²) >= 11 is 0. The van der Waals surface area contributed by atoms with Gasteiger partial charge >= 0.3 is 0 Å². The first-order chi connectivity index (χ1) is 12.6. The van der Waals surface area contributed by atoms with Crippen molar-refractivity contribution in [2.45, 2.75) is 52.0 Å². The van der Waals surface area contributed by atoms with Crippen molar-refractivity contribution < 1.29 is 4.79 Å². The van der Waals surface area contributed by atoms with Gasteiger partial charge in [0.25, 0.3) is 0 Å². The zero-order chi connectivity index (χ0) is 18.4. The Hall–Kier alpha value is -1.39. The largest absolute Gasteiger partial charge is 0.354 e. The Morgan fingerprint density at radius 2 is 1.85 bits per heavy atom. The Morgan fingerprint density at radius 3 is 2.50 bits per heavy atom. The third kappa shape index (κ3) is 5.31. The Kier molecular flexibility index (Phi) is 7.09. The molecule has 4 heteroatoms. The van der Waals surface area contributed by atoms with Crippen LogP contribution in [0, 0.1) is 18.8 Å². The molecule has 0 aromatic heterocycles. The predicted octanol–water partition coefficient (Wildman–Crippen LogP) is 3.27. The van der Waals surface area contributed by atoms with Gasteiger partial charge in [-0.05, 0) is 76.2 Å². The lowest BCUT2D eigenvalue weighted by Gasteiger charge is -2.30. The maximum atomic E-state index is 12.6. The molecule has 2 fully saturated rings. The van der Waals surface area contributed by atoms with Crippen molar-refractivity contribution >= 4 is 5.91 Å². The van der Waals surface area contributed by atoms with Gasteiger partial charge in [-0.25, -0.2) is 0 Å². The summed E-state index contributed by atoms with van der Waals surface area (Å²) in [6.45, 7) is 9.56. The molecule has 4 nitrogen and oxygen atoms in total. The van der Waals surface area contributed by atoms with Gasteiger partial charge in [0.15, 0.2) is 0 Å². The number of nitrogens with one attached hydrogen (secondary N) is 2. The fourth-order valence-electron chi connectivity index (χ4n) is 4.45. The lowest BCUT2D eigenvalue weighted by atomic mass is 9.84. The van der Waals surface area contributed by atoms with E-state index in [1.807, 2.05) is 0 Å². The summed E-state index contributed by atoms with van der Waals surface area (Å²) in [6.07, 6.45) is 5.60. The minimum absolute atomic E-state index is 0.215. The summed E-state index contributed by atoms with van der Waals surface area (Å²) in [4.78, 5) is 15.1. The number of aryl methyl sites for hydroxylation is 1. The van der Waals surface area contributed by atoms with E-state index in [1.165, 1.54) is 36.8 Å². The van der Waals surface area contributed by atoms with Gasteiger partial charge in [0.1, 0.15) is 0 Å². The maximum absolute atomic E-state index is 12.6. The minimum Gasteiger partial charge on any atom is -0.354 e. The maximum Gasteiger partial charge on any atom is 0.220 e. The molecule has 3 rings (SSSR count). The molecule has 2 unspecified atom stereocenters. The number of amides is 1. The van der Waals surface area contributed by atoms with E-state index in [9.17, 15) is 4.79 Å². The molecule has 144 valence electrons. The van der Waals surface area contributed by atoms with Crippen LogP contribution in [0.4, 0.5) is 0 Å². The summed E-state index contributed by atoms with van der Waals surface area (Å²) in [5.74, 6) is 1.38. The van der Waals surface area contributed by atoms with Gasteiger partial charge in [-0.2, -0.15) is 0 Å². The van der Waals surface area contributed by atoms with Gasteiger partial charge < -0.3 is 10.6 Å². The quantitative estimate of drug-likeness (QED) is 0.787. The highest BCUT2D eigenvalue weighted by atomic mass is 16.1. The molecular weight excluding hydrogens is 322 g/mol. The number of benzene rings is 1. The standard InChI is InChI=1S/C22H35N3O/c1-17-5-7-20(8-6-17)21(25-13-3-4-14-25)16-24-22(26)15-18(2)19-9-11-23-12-10-19/h5-8,18-19,21,23H,3-4,9-16H2,1-2H3,(H,24,26). The molecule has 0 saturated carbocycles. The van der Waals surface area contributed by atoms with Gasteiger partial charge in [0, 0.05) is 13.0 Å². The molecule has 2 aliphatic heterocycles. The summed E-state index contributed by atoms with van der Waals surface area (Å²) in [5.41, 5.74) is 2.61. The molecule has 1 aromatic carbocycles. The molecule has 2 saturated heterocycles. The zero-order valence-electron chi connectivity index (χ0n) is 16.5. The van der Waals surface area contributed by atoms with Crippen LogP contribution in [0.5, 0.6) is 0 Å². The normalized spacial score (nSPS) is 21.5. The van der Waals surface area contributed by atoms with Crippen molar-refractivity contribution in [2.24, 2.45) is 11.8 Å². The number of likely N-dealkylation sites (tertiary alicyclic amines) is 1. The zero-order valence-corrected chi connectivity index (χ0v) is 16.5. The Bertz CT molecular complexity index is 559. The number of carbonyl (C=O) groups is 1. The first kappa shape index (κ1) is 19.4. The van der Waals surface area contributed by atoms with E-state index < -0.39 is 0 Å². The van der Waals surface area contributed by atoms with E-state index in [4.69, 9.17) is 0 Å². The van der Waals surface area contributed by atoms with E-state index in [2.05, 4.69) is 53.6 Å². The summed E-state index contributed by atoms with van der Waals surface area (Å²) in [6, 6.07) is 9.11. The molecule has 0 radical (unpaired) electrons. The van der Waals surface area contributed by atoms with E-state index in [-0.39, 0.29) is 5.91 Å². The minimum atomic E-state index is 0.215. The van der Waals surface area contributed by atoms with Crippen LogP contribution in [-0.2, 0) is 4.79 Å². The number of hydrogen-bond donors (Lipinski definition) is 2. The molecule has 2 aliphatic rings. The Balaban J connectivity index is 1.54. The van der Waals surface area contributed by atoms with Crippen LogP contribution in [-0.4, -0.2) is 43.5 Å². The molecule has 0 bridgehead atoms.